The van der Waals surface area contributed by atoms with Crippen molar-refractivity contribution in [3.05, 3.63) is 60.3 Å². The summed E-state index contributed by atoms with van der Waals surface area (Å²) in [6, 6.07) is 3.41. The highest BCUT2D eigenvalue weighted by atomic mass is 32.2. The zero-order valence-corrected chi connectivity index (χ0v) is 23.7. The number of carbonyl (C=O) groups excluding carboxylic acids is 1. The third-order valence-corrected chi connectivity index (χ3v) is 8.15. The zero-order chi connectivity index (χ0) is 28.5. The van der Waals surface area contributed by atoms with Crippen molar-refractivity contribution in [2.75, 3.05) is 30.3 Å². The highest BCUT2D eigenvalue weighted by Crippen LogP contribution is 2.30. The minimum Gasteiger partial charge on any atom is -0.353 e. The number of hydrogen-bond donors (Lipinski definition) is 2. The number of likely N-dealkylation sites (tertiary alicyclic amines) is 1. The van der Waals surface area contributed by atoms with Gasteiger partial charge in [-0.1, -0.05) is 13.0 Å². The molecule has 5 heterocycles. The highest BCUT2D eigenvalue weighted by molar-refractivity contribution is 7.99. The molecule has 13 heteroatoms. The Morgan fingerprint density at radius 2 is 2.02 bits per heavy atom. The molecule has 1 aromatic carbocycles. The molecule has 10 nitrogen and oxygen atoms in total. The summed E-state index contributed by atoms with van der Waals surface area (Å²) in [6.07, 6.45) is 10.3. The Kier molecular flexibility index (Phi) is 7.71. The Labute approximate surface area is 240 Å². The van der Waals surface area contributed by atoms with Crippen LogP contribution in [0.15, 0.2) is 47.4 Å². The number of nitrogens with zero attached hydrogens (tertiary/aromatic N) is 7. The SMILES string of the molecule is Cc1cn2c(-c3cnn(CC(=O)Nc4c(F)cccc4F)c3)cnc2c(NC2CC(CN3CCCC(C)C3)=NS2)n1. The molecule has 0 saturated carbocycles. The van der Waals surface area contributed by atoms with E-state index in [0.717, 1.165) is 61.1 Å². The molecule has 1 saturated heterocycles. The van der Waals surface area contributed by atoms with Crippen LogP contribution in [0, 0.1) is 24.5 Å². The molecule has 2 atom stereocenters. The lowest BCUT2D eigenvalue weighted by atomic mass is 10.00. The third kappa shape index (κ3) is 6.10. The maximum Gasteiger partial charge on any atom is 0.246 e. The number of imidazole rings is 1. The summed E-state index contributed by atoms with van der Waals surface area (Å²) in [5.41, 5.74) is 3.71. The molecule has 214 valence electrons. The van der Waals surface area contributed by atoms with Crippen molar-refractivity contribution >= 4 is 40.7 Å². The van der Waals surface area contributed by atoms with Crippen LogP contribution in [0.25, 0.3) is 16.9 Å². The lowest BCUT2D eigenvalue weighted by Gasteiger charge is -2.30. The predicted octanol–water partition coefficient (Wildman–Crippen LogP) is 4.78. The van der Waals surface area contributed by atoms with Crippen LogP contribution in [-0.2, 0) is 11.3 Å². The van der Waals surface area contributed by atoms with Gasteiger partial charge in [0, 0.05) is 43.2 Å². The van der Waals surface area contributed by atoms with E-state index in [0.29, 0.717) is 11.5 Å². The van der Waals surface area contributed by atoms with Crippen LogP contribution >= 0.6 is 11.9 Å². The van der Waals surface area contributed by atoms with Crippen molar-refractivity contribution in [1.82, 2.24) is 29.0 Å². The summed E-state index contributed by atoms with van der Waals surface area (Å²) in [7, 11) is 0. The van der Waals surface area contributed by atoms with E-state index < -0.39 is 23.2 Å². The fraction of sp³-hybridized carbons (Fsp3) is 0.393. The summed E-state index contributed by atoms with van der Waals surface area (Å²) in [4.78, 5) is 24.3. The first kappa shape index (κ1) is 27.3. The molecule has 2 N–H and O–H groups in total. The molecule has 0 bridgehead atoms. The van der Waals surface area contributed by atoms with Crippen molar-refractivity contribution in [2.24, 2.45) is 10.3 Å². The van der Waals surface area contributed by atoms with Gasteiger partial charge in [0.15, 0.2) is 11.5 Å². The number of para-hydroxylation sites is 1. The molecule has 0 aliphatic carbocycles. The van der Waals surface area contributed by atoms with E-state index in [1.807, 2.05) is 17.5 Å². The Morgan fingerprint density at radius 3 is 2.83 bits per heavy atom. The van der Waals surface area contributed by atoms with E-state index in [4.69, 9.17) is 9.38 Å². The van der Waals surface area contributed by atoms with Crippen LogP contribution in [0.2, 0.25) is 0 Å². The van der Waals surface area contributed by atoms with Gasteiger partial charge in [-0.05, 0) is 56.3 Å². The standard InChI is InChI=1S/C28H31F2N9OS/c1-17-5-4-8-37(12-17)15-20-9-25(41-36-20)35-27-28-31-11-23(39(28)13-18(2)33-27)19-10-32-38(14-19)16-24(40)34-26-21(29)6-3-7-22(26)30/h3,6-7,10-11,13-14,17,25H,4-5,8-9,12,15-16H2,1-2H3,(H,33,35)(H,34,40). The summed E-state index contributed by atoms with van der Waals surface area (Å²) >= 11 is 1.54. The maximum absolute atomic E-state index is 13.9. The number of amides is 1. The number of anilines is 2. The number of fused-ring (bicyclic) bond motifs is 1. The maximum atomic E-state index is 13.9. The van der Waals surface area contributed by atoms with Crippen LogP contribution in [0.5, 0.6) is 0 Å². The lowest BCUT2D eigenvalue weighted by Crippen LogP contribution is -2.38. The van der Waals surface area contributed by atoms with Crippen molar-refractivity contribution in [2.45, 2.75) is 45.0 Å². The van der Waals surface area contributed by atoms with Crippen LogP contribution in [0.1, 0.15) is 31.9 Å². The minimum atomic E-state index is -0.839. The molecule has 0 radical (unpaired) electrons. The van der Waals surface area contributed by atoms with E-state index in [-0.39, 0.29) is 11.9 Å². The summed E-state index contributed by atoms with van der Waals surface area (Å²) < 4.78 is 35.9. The molecular weight excluding hydrogens is 548 g/mol. The number of nitrogens with one attached hydrogen (secondary N) is 2. The second kappa shape index (κ2) is 11.6. The quantitative estimate of drug-likeness (QED) is 0.290. The molecule has 4 aromatic rings. The average Bonchev–Trinajstić information content (AvgIpc) is 3.67. The molecule has 2 aliphatic heterocycles. The number of piperidine rings is 1. The number of carbonyl (C=O) groups is 1. The van der Waals surface area contributed by atoms with Crippen LogP contribution in [0.3, 0.4) is 0 Å². The van der Waals surface area contributed by atoms with Gasteiger partial charge >= 0.3 is 0 Å². The third-order valence-electron chi connectivity index (χ3n) is 7.25. The van der Waals surface area contributed by atoms with Gasteiger partial charge in [-0.3, -0.25) is 18.8 Å². The largest absolute Gasteiger partial charge is 0.353 e. The van der Waals surface area contributed by atoms with Crippen LogP contribution in [0.4, 0.5) is 20.3 Å². The number of aryl methyl sites for hydroxylation is 1. The first-order valence-electron chi connectivity index (χ1n) is 13.6. The summed E-state index contributed by atoms with van der Waals surface area (Å²) in [5, 5.41) is 10.2. The molecule has 2 aliphatic rings. The Hall–Kier alpha value is -3.84. The van der Waals surface area contributed by atoms with E-state index in [1.165, 1.54) is 41.2 Å². The summed E-state index contributed by atoms with van der Waals surface area (Å²) in [6.45, 7) is 7.20. The van der Waals surface area contributed by atoms with Crippen molar-refractivity contribution in [1.29, 1.82) is 0 Å². The van der Waals surface area contributed by atoms with Crippen molar-refractivity contribution in [3.63, 3.8) is 0 Å². The van der Waals surface area contributed by atoms with Gasteiger partial charge < -0.3 is 10.6 Å². The topological polar surface area (TPSA) is 105 Å². The van der Waals surface area contributed by atoms with Gasteiger partial charge in [0.05, 0.1) is 23.8 Å². The molecule has 1 amide bonds. The van der Waals surface area contributed by atoms with Gasteiger partial charge in [0.2, 0.25) is 5.91 Å². The number of hydrogen-bond acceptors (Lipinski definition) is 8. The second-order valence-electron chi connectivity index (χ2n) is 10.7. The second-order valence-corrected chi connectivity index (χ2v) is 11.7. The molecule has 3 aromatic heterocycles. The fourth-order valence-electron chi connectivity index (χ4n) is 5.38. The molecule has 0 spiro atoms. The Bertz CT molecular complexity index is 1600. The molecule has 6 rings (SSSR count). The fourth-order valence-corrected chi connectivity index (χ4v) is 6.22. The number of rotatable bonds is 8. The Balaban J connectivity index is 1.13. The highest BCUT2D eigenvalue weighted by Gasteiger charge is 2.25. The Morgan fingerprint density at radius 1 is 1.20 bits per heavy atom. The molecule has 2 unspecified atom stereocenters. The van der Waals surface area contributed by atoms with Gasteiger partial charge in [-0.25, -0.2) is 23.1 Å². The summed E-state index contributed by atoms with van der Waals surface area (Å²) in [5.74, 6) is -0.864. The average molecular weight is 580 g/mol. The lowest BCUT2D eigenvalue weighted by molar-refractivity contribution is -0.117. The smallest absolute Gasteiger partial charge is 0.246 e. The first-order valence-corrected chi connectivity index (χ1v) is 14.5. The zero-order valence-electron chi connectivity index (χ0n) is 22.8. The van der Waals surface area contributed by atoms with Gasteiger partial charge in [0.25, 0.3) is 0 Å². The van der Waals surface area contributed by atoms with Crippen molar-refractivity contribution in [3.8, 4) is 11.3 Å². The van der Waals surface area contributed by atoms with Gasteiger partial charge in [0.1, 0.15) is 29.2 Å². The van der Waals surface area contributed by atoms with Crippen LogP contribution in [-0.4, -0.2) is 65.7 Å². The van der Waals surface area contributed by atoms with E-state index in [1.54, 1.807) is 18.6 Å². The number of benzene rings is 1. The predicted molar refractivity (Wildman–Crippen MR) is 156 cm³/mol. The van der Waals surface area contributed by atoms with E-state index in [2.05, 4.69) is 32.5 Å². The minimum absolute atomic E-state index is 0.0750. The van der Waals surface area contributed by atoms with Gasteiger partial charge in [-0.15, -0.1) is 0 Å². The number of halogens is 2. The van der Waals surface area contributed by atoms with Crippen molar-refractivity contribution < 1.29 is 13.6 Å². The first-order chi connectivity index (χ1) is 19.8. The molecular formula is C28H31F2N9OS. The molecule has 41 heavy (non-hydrogen) atoms. The number of aromatic nitrogens is 5. The monoisotopic (exact) mass is 579 g/mol. The van der Waals surface area contributed by atoms with E-state index in [9.17, 15) is 13.6 Å². The molecule has 1 fully saturated rings. The van der Waals surface area contributed by atoms with E-state index >= 15 is 0 Å². The normalized spacial score (nSPS) is 19.5. The van der Waals surface area contributed by atoms with Crippen LogP contribution < -0.4 is 10.6 Å². The van der Waals surface area contributed by atoms with Gasteiger partial charge in [-0.2, -0.15) is 5.10 Å².